The summed E-state index contributed by atoms with van der Waals surface area (Å²) in [6.45, 7) is 0. The van der Waals surface area contributed by atoms with E-state index in [1.807, 2.05) is 0 Å². The zero-order chi connectivity index (χ0) is 14.2. The van der Waals surface area contributed by atoms with Crippen molar-refractivity contribution in [3.8, 4) is 5.75 Å². The highest BCUT2D eigenvalue weighted by Crippen LogP contribution is 2.24. The molecule has 0 aliphatic heterocycles. The number of hydrogen-bond acceptors (Lipinski definition) is 5. The second kappa shape index (κ2) is 4.51. The molecule has 0 saturated heterocycles. The van der Waals surface area contributed by atoms with E-state index in [2.05, 4.69) is 4.98 Å². The quantitative estimate of drug-likeness (QED) is 0.912. The number of hydrogen-bond donors (Lipinski definition) is 1. The van der Waals surface area contributed by atoms with Gasteiger partial charge in [0.05, 0.1) is 18.2 Å². The van der Waals surface area contributed by atoms with Crippen molar-refractivity contribution in [2.75, 3.05) is 13.4 Å². The summed E-state index contributed by atoms with van der Waals surface area (Å²) in [6, 6.07) is 5.69. The summed E-state index contributed by atoms with van der Waals surface area (Å²) in [4.78, 5) is 15.2. The Balaban J connectivity index is 2.87. The van der Waals surface area contributed by atoms with Crippen LogP contribution in [0.5, 0.6) is 5.75 Å². The van der Waals surface area contributed by atoms with Gasteiger partial charge in [-0.2, -0.15) is 0 Å². The molecule has 100 valence electrons. The number of carbonyl (C=O) groups is 1. The van der Waals surface area contributed by atoms with Gasteiger partial charge in [0.15, 0.2) is 14.9 Å². The van der Waals surface area contributed by atoms with Crippen molar-refractivity contribution in [2.45, 2.75) is 5.03 Å². The minimum atomic E-state index is -3.59. The highest BCUT2D eigenvalue weighted by atomic mass is 32.2. The molecule has 19 heavy (non-hydrogen) atoms. The van der Waals surface area contributed by atoms with Crippen molar-refractivity contribution in [2.24, 2.45) is 0 Å². The number of carboxylic acid groups (broad SMARTS) is 1. The van der Waals surface area contributed by atoms with Crippen LogP contribution in [0.15, 0.2) is 29.3 Å². The average Bonchev–Trinajstić information content (AvgIpc) is 2.35. The number of ether oxygens (including phenoxy) is 1. The van der Waals surface area contributed by atoms with Gasteiger partial charge in [-0.05, 0) is 18.2 Å². The molecule has 0 aliphatic carbocycles. The molecule has 0 aliphatic rings. The maximum atomic E-state index is 11.5. The number of rotatable bonds is 3. The lowest BCUT2D eigenvalue weighted by Crippen LogP contribution is -2.06. The summed E-state index contributed by atoms with van der Waals surface area (Å²) >= 11 is 0. The third-order valence-electron chi connectivity index (χ3n) is 2.60. The lowest BCUT2D eigenvalue weighted by molar-refractivity contribution is 0.0698. The molecule has 7 heteroatoms. The molecule has 6 nitrogen and oxygen atoms in total. The predicted octanol–water partition coefficient (Wildman–Crippen LogP) is 1.35. The topological polar surface area (TPSA) is 93.6 Å². The van der Waals surface area contributed by atoms with E-state index < -0.39 is 15.8 Å². The van der Waals surface area contributed by atoms with Gasteiger partial charge in [0.1, 0.15) is 5.75 Å². The van der Waals surface area contributed by atoms with Gasteiger partial charge in [-0.15, -0.1) is 0 Å². The largest absolute Gasteiger partial charge is 0.497 e. The lowest BCUT2D eigenvalue weighted by Gasteiger charge is -2.07. The smallest absolute Gasteiger partial charge is 0.336 e. The van der Waals surface area contributed by atoms with E-state index in [9.17, 15) is 13.2 Å². The zero-order valence-electron chi connectivity index (χ0n) is 10.2. The Hall–Kier alpha value is -2.15. The van der Waals surface area contributed by atoms with Crippen LogP contribution in [0.1, 0.15) is 10.4 Å². The van der Waals surface area contributed by atoms with Crippen molar-refractivity contribution >= 4 is 26.7 Å². The first-order valence-electron chi connectivity index (χ1n) is 5.25. The Bertz CT molecular complexity index is 767. The summed E-state index contributed by atoms with van der Waals surface area (Å²) < 4.78 is 28.0. The van der Waals surface area contributed by atoms with Crippen molar-refractivity contribution in [1.82, 2.24) is 4.98 Å². The molecule has 0 atom stereocenters. The predicted molar refractivity (Wildman–Crippen MR) is 68.4 cm³/mol. The molecule has 1 heterocycles. The first-order chi connectivity index (χ1) is 8.82. The van der Waals surface area contributed by atoms with Crippen LogP contribution in [-0.4, -0.2) is 37.8 Å². The van der Waals surface area contributed by atoms with Crippen LogP contribution in [0.4, 0.5) is 0 Å². The molecule has 0 fully saturated rings. The Morgan fingerprint density at radius 2 is 2.00 bits per heavy atom. The molecule has 0 spiro atoms. The standard InChI is InChI=1S/C12H11NO5S/c1-18-7-3-4-8-9(12(14)15)6-11(19(2,16)17)13-10(8)5-7/h3-6H,1-2H3,(H,14,15). The first-order valence-corrected chi connectivity index (χ1v) is 7.14. The number of fused-ring (bicyclic) bond motifs is 1. The van der Waals surface area contributed by atoms with Crippen LogP contribution in [-0.2, 0) is 9.84 Å². The summed E-state index contributed by atoms with van der Waals surface area (Å²) in [7, 11) is -2.13. The number of methoxy groups -OCH3 is 1. The van der Waals surface area contributed by atoms with Crippen molar-refractivity contribution in [3.63, 3.8) is 0 Å². The van der Waals surface area contributed by atoms with Crippen LogP contribution in [0.2, 0.25) is 0 Å². The number of carboxylic acids is 1. The number of aromatic nitrogens is 1. The van der Waals surface area contributed by atoms with Gasteiger partial charge in [-0.3, -0.25) is 0 Å². The Morgan fingerprint density at radius 1 is 1.32 bits per heavy atom. The van der Waals surface area contributed by atoms with Gasteiger partial charge < -0.3 is 9.84 Å². The highest BCUT2D eigenvalue weighted by Gasteiger charge is 2.17. The van der Waals surface area contributed by atoms with Crippen molar-refractivity contribution in [1.29, 1.82) is 0 Å². The molecule has 0 saturated carbocycles. The SMILES string of the molecule is COc1ccc2c(C(=O)O)cc(S(C)(=O)=O)nc2c1. The maximum Gasteiger partial charge on any atom is 0.336 e. The Labute approximate surface area is 109 Å². The number of pyridine rings is 1. The second-order valence-electron chi connectivity index (χ2n) is 3.97. The molecule has 1 aromatic carbocycles. The van der Waals surface area contributed by atoms with E-state index in [1.165, 1.54) is 19.2 Å². The van der Waals surface area contributed by atoms with Gasteiger partial charge in [0.2, 0.25) is 0 Å². The number of sulfone groups is 1. The molecule has 1 aromatic heterocycles. The van der Waals surface area contributed by atoms with Gasteiger partial charge in [0.25, 0.3) is 0 Å². The molecule has 2 aromatic rings. The fourth-order valence-corrected chi connectivity index (χ4v) is 2.27. The zero-order valence-corrected chi connectivity index (χ0v) is 11.1. The summed E-state index contributed by atoms with van der Waals surface area (Å²) in [5, 5.41) is 9.23. The number of aromatic carboxylic acids is 1. The maximum absolute atomic E-state index is 11.5. The van der Waals surface area contributed by atoms with Gasteiger partial charge in [-0.25, -0.2) is 18.2 Å². The first kappa shape index (κ1) is 13.3. The van der Waals surface area contributed by atoms with Crippen molar-refractivity contribution < 1.29 is 23.1 Å². The van der Waals surface area contributed by atoms with E-state index in [1.54, 1.807) is 6.07 Å². The molecule has 0 bridgehead atoms. The Morgan fingerprint density at radius 3 is 2.53 bits per heavy atom. The molecular weight excluding hydrogens is 270 g/mol. The van der Waals surface area contributed by atoms with Crippen LogP contribution in [0, 0.1) is 0 Å². The van der Waals surface area contributed by atoms with Crippen LogP contribution in [0.3, 0.4) is 0 Å². The van der Waals surface area contributed by atoms with Crippen LogP contribution in [0.25, 0.3) is 10.9 Å². The van der Waals surface area contributed by atoms with Gasteiger partial charge >= 0.3 is 5.97 Å². The Kier molecular flexibility index (Phi) is 3.15. The average molecular weight is 281 g/mol. The number of benzene rings is 1. The fraction of sp³-hybridized carbons (Fsp3) is 0.167. The molecule has 0 unspecified atom stereocenters. The third-order valence-corrected chi connectivity index (χ3v) is 3.57. The summed E-state index contributed by atoms with van der Waals surface area (Å²) in [5.74, 6) is -0.732. The van der Waals surface area contributed by atoms with Crippen LogP contribution >= 0.6 is 0 Å². The molecule has 2 rings (SSSR count). The lowest BCUT2D eigenvalue weighted by atomic mass is 10.1. The summed E-state index contributed by atoms with van der Waals surface area (Å²) in [6.07, 6.45) is 0.979. The van der Waals surface area contributed by atoms with E-state index in [4.69, 9.17) is 9.84 Å². The van der Waals surface area contributed by atoms with Gasteiger partial charge in [0, 0.05) is 17.7 Å². The molecular formula is C12H11NO5S. The third kappa shape index (κ3) is 2.50. The van der Waals surface area contributed by atoms with Crippen LogP contribution < -0.4 is 4.74 Å². The van der Waals surface area contributed by atoms with E-state index in [0.29, 0.717) is 11.1 Å². The molecule has 0 amide bonds. The number of nitrogens with zero attached hydrogens (tertiary/aromatic N) is 1. The minimum absolute atomic E-state index is 0.104. The van der Waals surface area contributed by atoms with E-state index in [-0.39, 0.29) is 16.1 Å². The second-order valence-corrected chi connectivity index (χ2v) is 5.93. The summed E-state index contributed by atoms with van der Waals surface area (Å²) in [5.41, 5.74) is 0.160. The van der Waals surface area contributed by atoms with Crippen molar-refractivity contribution in [3.05, 3.63) is 29.8 Å². The molecule has 1 N–H and O–H groups in total. The molecule has 0 radical (unpaired) electrons. The normalized spacial score (nSPS) is 11.5. The highest BCUT2D eigenvalue weighted by molar-refractivity contribution is 7.90. The van der Waals surface area contributed by atoms with E-state index >= 15 is 0 Å². The van der Waals surface area contributed by atoms with E-state index in [0.717, 1.165) is 12.3 Å². The fourth-order valence-electron chi connectivity index (χ4n) is 1.68. The minimum Gasteiger partial charge on any atom is -0.497 e. The monoisotopic (exact) mass is 281 g/mol. The van der Waals surface area contributed by atoms with Gasteiger partial charge in [-0.1, -0.05) is 0 Å².